The lowest BCUT2D eigenvalue weighted by molar-refractivity contribution is 0.196. The molecule has 1 aromatic rings. The van der Waals surface area contributed by atoms with Gasteiger partial charge in [-0.1, -0.05) is 13.8 Å². The van der Waals surface area contributed by atoms with E-state index in [1.807, 2.05) is 0 Å². The molecule has 0 saturated carbocycles. The summed E-state index contributed by atoms with van der Waals surface area (Å²) in [5.74, 6) is 0. The van der Waals surface area contributed by atoms with E-state index in [9.17, 15) is 8.42 Å². The van der Waals surface area contributed by atoms with E-state index in [-0.39, 0.29) is 5.41 Å². The van der Waals surface area contributed by atoms with Crippen LogP contribution in [0.15, 0.2) is 15.7 Å². The molecule has 0 bridgehead atoms. The lowest BCUT2D eigenvalue weighted by atomic mass is 9.83. The van der Waals surface area contributed by atoms with Crippen LogP contribution in [0, 0.1) is 5.41 Å². The topological polar surface area (TPSA) is 63.4 Å². The molecule has 1 saturated heterocycles. The highest BCUT2D eigenvalue weighted by Gasteiger charge is 2.33. The zero-order valence-corrected chi connectivity index (χ0v) is 11.8. The summed E-state index contributed by atoms with van der Waals surface area (Å²) in [6.07, 6.45) is 1.82. The summed E-state index contributed by atoms with van der Waals surface area (Å²) in [5.41, 5.74) is 6.35. The number of nitrogens with zero attached hydrogens (tertiary/aromatic N) is 1. The first-order chi connectivity index (χ1) is 7.81. The summed E-state index contributed by atoms with van der Waals surface area (Å²) in [4.78, 5) is 0. The van der Waals surface area contributed by atoms with Crippen LogP contribution in [0.1, 0.15) is 26.7 Å². The highest BCUT2D eigenvalue weighted by atomic mass is 32.2. The molecule has 4 nitrogen and oxygen atoms in total. The van der Waals surface area contributed by atoms with E-state index in [1.54, 1.807) is 15.8 Å². The van der Waals surface area contributed by atoms with Crippen molar-refractivity contribution in [3.8, 4) is 0 Å². The molecule has 1 aromatic heterocycles. The normalized spacial score (nSPS) is 21.5. The van der Waals surface area contributed by atoms with Crippen molar-refractivity contribution in [1.82, 2.24) is 4.31 Å². The minimum Gasteiger partial charge on any atom is -0.398 e. The molecule has 1 fully saturated rings. The van der Waals surface area contributed by atoms with Gasteiger partial charge in [0.2, 0.25) is 0 Å². The van der Waals surface area contributed by atoms with Crippen LogP contribution in [0.25, 0.3) is 0 Å². The molecule has 0 unspecified atom stereocenters. The van der Waals surface area contributed by atoms with Crippen LogP contribution in [-0.4, -0.2) is 25.8 Å². The monoisotopic (exact) mass is 274 g/mol. The van der Waals surface area contributed by atoms with Gasteiger partial charge in [-0.25, -0.2) is 8.42 Å². The summed E-state index contributed by atoms with van der Waals surface area (Å²) in [6.45, 7) is 5.57. The Morgan fingerprint density at radius 1 is 1.35 bits per heavy atom. The maximum atomic E-state index is 12.3. The molecule has 17 heavy (non-hydrogen) atoms. The van der Waals surface area contributed by atoms with E-state index in [2.05, 4.69) is 13.8 Å². The number of sulfonamides is 1. The second-order valence-electron chi connectivity index (χ2n) is 5.27. The van der Waals surface area contributed by atoms with Crippen molar-refractivity contribution in [2.45, 2.75) is 30.9 Å². The van der Waals surface area contributed by atoms with Gasteiger partial charge in [0.25, 0.3) is 10.0 Å². The van der Waals surface area contributed by atoms with Gasteiger partial charge in [-0.05, 0) is 24.3 Å². The van der Waals surface area contributed by atoms with Gasteiger partial charge in [-0.2, -0.15) is 4.31 Å². The maximum absolute atomic E-state index is 12.3. The van der Waals surface area contributed by atoms with Gasteiger partial charge in [-0.3, -0.25) is 0 Å². The second kappa shape index (κ2) is 4.26. The van der Waals surface area contributed by atoms with Crippen molar-refractivity contribution in [3.63, 3.8) is 0 Å². The smallest absolute Gasteiger partial charge is 0.252 e. The first-order valence-electron chi connectivity index (χ1n) is 5.65. The number of hydrogen-bond acceptors (Lipinski definition) is 4. The van der Waals surface area contributed by atoms with Crippen LogP contribution in [-0.2, 0) is 10.0 Å². The van der Waals surface area contributed by atoms with Crippen LogP contribution in [0.4, 0.5) is 5.69 Å². The molecule has 2 rings (SSSR count). The fraction of sp³-hybridized carbons (Fsp3) is 0.636. The Labute approximate surface area is 106 Å². The molecule has 0 aliphatic carbocycles. The third-order valence-corrected chi connectivity index (χ3v) is 6.60. The predicted octanol–water partition coefficient (Wildman–Crippen LogP) is 2.14. The van der Waals surface area contributed by atoms with E-state index in [4.69, 9.17) is 5.73 Å². The molecule has 0 spiro atoms. The number of nitrogen functional groups attached to an aromatic ring is 1. The van der Waals surface area contributed by atoms with E-state index in [0.29, 0.717) is 23.0 Å². The molecule has 2 N–H and O–H groups in total. The Morgan fingerprint density at radius 3 is 2.41 bits per heavy atom. The summed E-state index contributed by atoms with van der Waals surface area (Å²) < 4.78 is 26.5. The first-order valence-corrected chi connectivity index (χ1v) is 7.97. The fourth-order valence-electron chi connectivity index (χ4n) is 1.92. The molecule has 96 valence electrons. The summed E-state index contributed by atoms with van der Waals surface area (Å²) in [5, 5.41) is 1.67. The number of anilines is 1. The zero-order chi connectivity index (χ0) is 12.7. The summed E-state index contributed by atoms with van der Waals surface area (Å²) >= 11 is 1.20. The van der Waals surface area contributed by atoms with Crippen molar-refractivity contribution < 1.29 is 8.42 Å². The molecule has 0 aromatic carbocycles. The zero-order valence-electron chi connectivity index (χ0n) is 10.1. The predicted molar refractivity (Wildman–Crippen MR) is 70.5 cm³/mol. The van der Waals surface area contributed by atoms with Crippen molar-refractivity contribution in [2.75, 3.05) is 18.8 Å². The van der Waals surface area contributed by atoms with Crippen molar-refractivity contribution >= 4 is 27.0 Å². The summed E-state index contributed by atoms with van der Waals surface area (Å²) in [7, 11) is -3.32. The Morgan fingerprint density at radius 2 is 1.94 bits per heavy atom. The fourth-order valence-corrected chi connectivity index (χ4v) is 4.60. The van der Waals surface area contributed by atoms with Gasteiger partial charge < -0.3 is 5.73 Å². The summed E-state index contributed by atoms with van der Waals surface area (Å²) in [6, 6.07) is 1.54. The largest absolute Gasteiger partial charge is 0.398 e. The van der Waals surface area contributed by atoms with Crippen LogP contribution >= 0.6 is 11.3 Å². The van der Waals surface area contributed by atoms with Crippen molar-refractivity contribution in [3.05, 3.63) is 11.4 Å². The Bertz CT molecular complexity index is 495. The number of thiophene rings is 1. The van der Waals surface area contributed by atoms with Gasteiger partial charge in [-0.15, -0.1) is 11.3 Å². The lowest BCUT2D eigenvalue weighted by Gasteiger charge is -2.35. The molecule has 0 atom stereocenters. The molecule has 2 heterocycles. The number of rotatable bonds is 2. The quantitative estimate of drug-likeness (QED) is 0.898. The van der Waals surface area contributed by atoms with Gasteiger partial charge in [0, 0.05) is 24.2 Å². The SMILES string of the molecule is CC1(C)CCN(S(=O)(=O)c2cc(N)cs2)CC1. The molecule has 0 radical (unpaired) electrons. The molecular weight excluding hydrogens is 256 g/mol. The lowest BCUT2D eigenvalue weighted by Crippen LogP contribution is -2.40. The first kappa shape index (κ1) is 12.9. The maximum Gasteiger partial charge on any atom is 0.252 e. The molecule has 1 aliphatic heterocycles. The third kappa shape index (κ3) is 2.64. The van der Waals surface area contributed by atoms with E-state index in [0.717, 1.165) is 12.8 Å². The molecule has 0 amide bonds. The van der Waals surface area contributed by atoms with Gasteiger partial charge in [0.05, 0.1) is 0 Å². The molecule has 6 heteroatoms. The highest BCUT2D eigenvalue weighted by Crippen LogP contribution is 2.33. The Hall–Kier alpha value is -0.590. The molecule has 1 aliphatic rings. The average Bonchev–Trinajstić information content (AvgIpc) is 2.65. The van der Waals surface area contributed by atoms with Crippen molar-refractivity contribution in [2.24, 2.45) is 5.41 Å². The number of hydrogen-bond donors (Lipinski definition) is 1. The minimum absolute atomic E-state index is 0.250. The van der Waals surface area contributed by atoms with E-state index >= 15 is 0 Å². The van der Waals surface area contributed by atoms with Crippen LogP contribution in [0.2, 0.25) is 0 Å². The van der Waals surface area contributed by atoms with Gasteiger partial charge >= 0.3 is 0 Å². The average molecular weight is 274 g/mol. The number of piperidine rings is 1. The second-order valence-corrected chi connectivity index (χ2v) is 8.34. The van der Waals surface area contributed by atoms with Crippen LogP contribution < -0.4 is 5.73 Å². The third-order valence-electron chi connectivity index (χ3n) is 3.27. The minimum atomic E-state index is -3.32. The standard InChI is InChI=1S/C11H18N2O2S2/c1-11(2)3-5-13(6-4-11)17(14,15)10-7-9(12)8-16-10/h7-8H,3-6,12H2,1-2H3. The Balaban J connectivity index is 2.18. The van der Waals surface area contributed by atoms with Gasteiger partial charge in [0.1, 0.15) is 4.21 Å². The van der Waals surface area contributed by atoms with Crippen molar-refractivity contribution in [1.29, 1.82) is 0 Å². The highest BCUT2D eigenvalue weighted by molar-refractivity contribution is 7.91. The van der Waals surface area contributed by atoms with Crippen LogP contribution in [0.3, 0.4) is 0 Å². The van der Waals surface area contributed by atoms with E-state index in [1.165, 1.54) is 11.3 Å². The molecular formula is C11H18N2O2S2. The Kier molecular flexibility index (Phi) is 3.22. The van der Waals surface area contributed by atoms with Gasteiger partial charge in [0.15, 0.2) is 0 Å². The number of nitrogens with two attached hydrogens (primary N) is 1. The van der Waals surface area contributed by atoms with E-state index < -0.39 is 10.0 Å². The van der Waals surface area contributed by atoms with Crippen LogP contribution in [0.5, 0.6) is 0 Å².